The van der Waals surface area contributed by atoms with Crippen molar-refractivity contribution in [2.75, 3.05) is 11.6 Å². The van der Waals surface area contributed by atoms with E-state index < -0.39 is 9.84 Å². The number of nitrogens with zero attached hydrogens (tertiary/aromatic N) is 1. The van der Waals surface area contributed by atoms with Crippen LogP contribution in [0.1, 0.15) is 10.4 Å². The molecule has 0 saturated heterocycles. The van der Waals surface area contributed by atoms with Gasteiger partial charge in [-0.05, 0) is 36.4 Å². The van der Waals surface area contributed by atoms with Crippen molar-refractivity contribution in [3.63, 3.8) is 0 Å². The summed E-state index contributed by atoms with van der Waals surface area (Å²) >= 11 is 3.28. The van der Waals surface area contributed by atoms with Crippen molar-refractivity contribution in [2.45, 2.75) is 4.90 Å². The first-order valence-corrected chi connectivity index (χ1v) is 8.28. The fourth-order valence-electron chi connectivity index (χ4n) is 1.52. The number of pyridine rings is 1. The number of halogens is 1. The Bertz CT molecular complexity index is 742. The topological polar surface area (TPSA) is 76.1 Å². The molecule has 1 heterocycles. The van der Waals surface area contributed by atoms with Gasteiger partial charge in [-0.2, -0.15) is 0 Å². The molecular formula is C13H11BrN2O3S. The molecule has 0 atom stereocenters. The summed E-state index contributed by atoms with van der Waals surface area (Å²) in [6.45, 7) is 0. The lowest BCUT2D eigenvalue weighted by molar-refractivity contribution is 0.102. The Kier molecular flexibility index (Phi) is 4.20. The van der Waals surface area contributed by atoms with Crippen LogP contribution >= 0.6 is 15.9 Å². The molecule has 0 unspecified atom stereocenters. The number of amides is 1. The SMILES string of the molecule is CS(=O)(=O)c1ccc(C(=O)Nc2cc(Br)ccn2)cc1. The van der Waals surface area contributed by atoms with Crippen LogP contribution in [0.3, 0.4) is 0 Å². The summed E-state index contributed by atoms with van der Waals surface area (Å²) in [6.07, 6.45) is 2.68. The molecule has 5 nitrogen and oxygen atoms in total. The molecular weight excluding hydrogens is 344 g/mol. The van der Waals surface area contributed by atoms with Crippen LogP contribution in [-0.2, 0) is 9.84 Å². The first-order valence-electron chi connectivity index (χ1n) is 5.59. The minimum Gasteiger partial charge on any atom is -0.307 e. The van der Waals surface area contributed by atoms with E-state index in [1.165, 1.54) is 24.3 Å². The molecule has 1 aromatic heterocycles. The number of carbonyl (C=O) groups excluding carboxylic acids is 1. The summed E-state index contributed by atoms with van der Waals surface area (Å²) in [6, 6.07) is 9.14. The molecule has 1 aromatic carbocycles. The number of hydrogen-bond donors (Lipinski definition) is 1. The summed E-state index contributed by atoms with van der Waals surface area (Å²) in [5.74, 6) is 0.0622. The summed E-state index contributed by atoms with van der Waals surface area (Å²) in [4.78, 5) is 16.2. The molecule has 2 aromatic rings. The van der Waals surface area contributed by atoms with Gasteiger partial charge in [0, 0.05) is 22.5 Å². The molecule has 0 saturated carbocycles. The number of carbonyl (C=O) groups is 1. The van der Waals surface area contributed by atoms with Crippen LogP contribution in [0.2, 0.25) is 0 Å². The van der Waals surface area contributed by atoms with Crippen molar-refractivity contribution in [1.82, 2.24) is 4.98 Å². The van der Waals surface area contributed by atoms with Crippen molar-refractivity contribution in [1.29, 1.82) is 0 Å². The van der Waals surface area contributed by atoms with Gasteiger partial charge in [-0.15, -0.1) is 0 Å². The molecule has 20 heavy (non-hydrogen) atoms. The van der Waals surface area contributed by atoms with E-state index in [1.807, 2.05) is 0 Å². The Morgan fingerprint density at radius 2 is 1.85 bits per heavy atom. The first kappa shape index (κ1) is 14.7. The van der Waals surface area contributed by atoms with Gasteiger partial charge in [-0.25, -0.2) is 13.4 Å². The summed E-state index contributed by atoms with van der Waals surface area (Å²) in [5.41, 5.74) is 0.360. The average molecular weight is 355 g/mol. The maximum absolute atomic E-state index is 12.0. The van der Waals surface area contributed by atoms with Gasteiger partial charge >= 0.3 is 0 Å². The Balaban J connectivity index is 2.18. The highest BCUT2D eigenvalue weighted by atomic mass is 79.9. The molecule has 7 heteroatoms. The second kappa shape index (κ2) is 5.72. The lowest BCUT2D eigenvalue weighted by Crippen LogP contribution is -2.13. The summed E-state index contributed by atoms with van der Waals surface area (Å²) in [5, 5.41) is 2.63. The van der Waals surface area contributed by atoms with Crippen molar-refractivity contribution in [2.24, 2.45) is 0 Å². The number of anilines is 1. The zero-order valence-corrected chi connectivity index (χ0v) is 12.9. The zero-order chi connectivity index (χ0) is 14.8. The van der Waals surface area contributed by atoms with Crippen LogP contribution < -0.4 is 5.32 Å². The van der Waals surface area contributed by atoms with Gasteiger partial charge in [0.05, 0.1) is 4.90 Å². The lowest BCUT2D eigenvalue weighted by atomic mass is 10.2. The van der Waals surface area contributed by atoms with Gasteiger partial charge in [-0.3, -0.25) is 4.79 Å². The standard InChI is InChI=1S/C13H11BrN2O3S/c1-20(18,19)11-4-2-9(3-5-11)13(17)16-12-8-10(14)6-7-15-12/h2-8H,1H3,(H,15,16,17). The van der Waals surface area contributed by atoms with E-state index in [1.54, 1.807) is 18.3 Å². The number of aromatic nitrogens is 1. The second-order valence-electron chi connectivity index (χ2n) is 4.11. The quantitative estimate of drug-likeness (QED) is 0.918. The maximum Gasteiger partial charge on any atom is 0.256 e. The van der Waals surface area contributed by atoms with Crippen LogP contribution in [-0.4, -0.2) is 25.6 Å². The molecule has 104 valence electrons. The average Bonchev–Trinajstić information content (AvgIpc) is 2.38. The third kappa shape index (κ3) is 3.64. The van der Waals surface area contributed by atoms with E-state index in [4.69, 9.17) is 0 Å². The van der Waals surface area contributed by atoms with Crippen LogP contribution in [0, 0.1) is 0 Å². The Morgan fingerprint density at radius 1 is 1.20 bits per heavy atom. The number of sulfone groups is 1. The zero-order valence-electron chi connectivity index (χ0n) is 10.5. The molecule has 0 fully saturated rings. The van der Waals surface area contributed by atoms with Gasteiger partial charge in [0.2, 0.25) is 0 Å². The van der Waals surface area contributed by atoms with E-state index >= 15 is 0 Å². The van der Waals surface area contributed by atoms with Crippen LogP contribution in [0.25, 0.3) is 0 Å². The van der Waals surface area contributed by atoms with E-state index in [0.29, 0.717) is 11.4 Å². The number of nitrogens with one attached hydrogen (secondary N) is 1. The largest absolute Gasteiger partial charge is 0.307 e. The van der Waals surface area contributed by atoms with Crippen LogP contribution in [0.15, 0.2) is 52.0 Å². The maximum atomic E-state index is 12.0. The smallest absolute Gasteiger partial charge is 0.256 e. The molecule has 0 aliphatic heterocycles. The van der Waals surface area contributed by atoms with Gasteiger partial charge in [-0.1, -0.05) is 15.9 Å². The van der Waals surface area contributed by atoms with Crippen molar-refractivity contribution >= 4 is 37.5 Å². The summed E-state index contributed by atoms with van der Waals surface area (Å²) in [7, 11) is -3.26. The van der Waals surface area contributed by atoms with E-state index in [0.717, 1.165) is 10.7 Å². The van der Waals surface area contributed by atoms with E-state index in [2.05, 4.69) is 26.2 Å². The van der Waals surface area contributed by atoms with Gasteiger partial charge < -0.3 is 5.32 Å². The van der Waals surface area contributed by atoms with Gasteiger partial charge in [0.15, 0.2) is 9.84 Å². The van der Waals surface area contributed by atoms with Crippen molar-refractivity contribution < 1.29 is 13.2 Å². The normalized spacial score (nSPS) is 11.1. The van der Waals surface area contributed by atoms with Crippen LogP contribution in [0.4, 0.5) is 5.82 Å². The highest BCUT2D eigenvalue weighted by molar-refractivity contribution is 9.10. The minimum absolute atomic E-state index is 0.176. The predicted molar refractivity (Wildman–Crippen MR) is 79.4 cm³/mol. The van der Waals surface area contributed by atoms with Gasteiger partial charge in [0.1, 0.15) is 5.82 Å². The molecule has 0 aliphatic rings. The van der Waals surface area contributed by atoms with E-state index in [9.17, 15) is 13.2 Å². The Morgan fingerprint density at radius 3 is 2.40 bits per heavy atom. The second-order valence-corrected chi connectivity index (χ2v) is 7.04. The molecule has 1 N–H and O–H groups in total. The van der Waals surface area contributed by atoms with Crippen molar-refractivity contribution in [3.8, 4) is 0 Å². The van der Waals surface area contributed by atoms with Crippen LogP contribution in [0.5, 0.6) is 0 Å². The highest BCUT2D eigenvalue weighted by Gasteiger charge is 2.10. The number of benzene rings is 1. The van der Waals surface area contributed by atoms with Crippen molar-refractivity contribution in [3.05, 3.63) is 52.6 Å². The lowest BCUT2D eigenvalue weighted by Gasteiger charge is -2.05. The third-order valence-corrected chi connectivity index (χ3v) is 4.13. The molecule has 0 radical (unpaired) electrons. The molecule has 0 aliphatic carbocycles. The highest BCUT2D eigenvalue weighted by Crippen LogP contribution is 2.15. The first-order chi connectivity index (χ1) is 9.36. The number of rotatable bonds is 3. The Labute approximate surface area is 125 Å². The summed E-state index contributed by atoms with van der Waals surface area (Å²) < 4.78 is 23.5. The molecule has 0 bridgehead atoms. The molecule has 1 amide bonds. The Hall–Kier alpha value is -1.73. The predicted octanol–water partition coefficient (Wildman–Crippen LogP) is 2.50. The number of hydrogen-bond acceptors (Lipinski definition) is 4. The fourth-order valence-corrected chi connectivity index (χ4v) is 2.48. The monoisotopic (exact) mass is 354 g/mol. The van der Waals surface area contributed by atoms with E-state index in [-0.39, 0.29) is 10.8 Å². The molecule has 2 rings (SSSR count). The minimum atomic E-state index is -3.26. The van der Waals surface area contributed by atoms with Gasteiger partial charge in [0.25, 0.3) is 5.91 Å². The molecule has 0 spiro atoms. The third-order valence-electron chi connectivity index (χ3n) is 2.51. The fraction of sp³-hybridized carbons (Fsp3) is 0.0769.